The third-order valence-electron chi connectivity index (χ3n) is 4.66. The van der Waals surface area contributed by atoms with Crippen molar-refractivity contribution in [3.63, 3.8) is 0 Å². The average molecular weight is 426 g/mol. The Morgan fingerprint density at radius 3 is 1.17 bits per heavy atom. The van der Waals surface area contributed by atoms with Crippen LogP contribution in [0.15, 0.2) is 48.5 Å². The van der Waals surface area contributed by atoms with Crippen molar-refractivity contribution in [2.75, 3.05) is 42.7 Å². The van der Waals surface area contributed by atoms with Gasteiger partial charge >= 0.3 is 10.2 Å². The standard InChI is InChI=1S/C20H26O8S/c1-23-17-13-9-7-11-15(17)19(25-3,26-4)29(21,22)20(27-5,28-6)16-12-8-10-14-18(16)24-2/h7-14H,1-6H3. The molecule has 0 N–H and O–H groups in total. The van der Waals surface area contributed by atoms with Gasteiger partial charge in [0.05, 0.1) is 25.3 Å². The molecule has 0 atom stereocenters. The van der Waals surface area contributed by atoms with Gasteiger partial charge in [-0.25, -0.2) is 8.42 Å². The molecule has 0 amide bonds. The van der Waals surface area contributed by atoms with Gasteiger partial charge in [-0.1, -0.05) is 24.3 Å². The van der Waals surface area contributed by atoms with Crippen LogP contribution in [0.5, 0.6) is 11.5 Å². The lowest BCUT2D eigenvalue weighted by Crippen LogP contribution is -2.53. The predicted octanol–water partition coefficient (Wildman–Crippen LogP) is 2.63. The molecular formula is C20H26O8S. The van der Waals surface area contributed by atoms with E-state index in [1.807, 2.05) is 0 Å². The van der Waals surface area contributed by atoms with Crippen molar-refractivity contribution in [2.24, 2.45) is 0 Å². The van der Waals surface area contributed by atoms with Crippen LogP contribution in [0.2, 0.25) is 0 Å². The molecule has 0 bridgehead atoms. The highest BCUT2D eigenvalue weighted by molar-refractivity contribution is 7.92. The van der Waals surface area contributed by atoms with Crippen molar-refractivity contribution in [3.05, 3.63) is 59.7 Å². The third kappa shape index (κ3) is 3.38. The molecule has 0 aliphatic heterocycles. The molecule has 29 heavy (non-hydrogen) atoms. The molecule has 0 radical (unpaired) electrons. The van der Waals surface area contributed by atoms with Crippen LogP contribution in [-0.2, 0) is 39.0 Å². The summed E-state index contributed by atoms with van der Waals surface area (Å²) >= 11 is 0. The van der Waals surface area contributed by atoms with E-state index in [9.17, 15) is 8.42 Å². The second-order valence-electron chi connectivity index (χ2n) is 5.83. The van der Waals surface area contributed by atoms with Gasteiger partial charge in [-0.15, -0.1) is 0 Å². The quantitative estimate of drug-likeness (QED) is 0.536. The fraction of sp³-hybridized carbons (Fsp3) is 0.400. The normalized spacial score (nSPS) is 12.6. The summed E-state index contributed by atoms with van der Waals surface area (Å²) in [7, 11) is 3.09. The van der Waals surface area contributed by atoms with E-state index in [2.05, 4.69) is 0 Å². The molecule has 0 aromatic heterocycles. The summed E-state index contributed by atoms with van der Waals surface area (Å²) in [5.74, 6) is 0.502. The Morgan fingerprint density at radius 1 is 0.586 bits per heavy atom. The zero-order valence-corrected chi connectivity index (χ0v) is 18.1. The highest BCUT2D eigenvalue weighted by Gasteiger charge is 2.63. The Bertz CT molecular complexity index is 848. The molecule has 0 spiro atoms. The molecule has 0 aliphatic carbocycles. The first-order valence-corrected chi connectivity index (χ1v) is 10.1. The number of hydrogen-bond donors (Lipinski definition) is 0. The molecule has 160 valence electrons. The van der Waals surface area contributed by atoms with Crippen molar-refractivity contribution in [3.8, 4) is 11.5 Å². The molecule has 9 heteroatoms. The maximum atomic E-state index is 14.1. The van der Waals surface area contributed by atoms with E-state index in [1.165, 1.54) is 54.8 Å². The maximum Gasteiger partial charge on any atom is 0.310 e. The number of rotatable bonds is 10. The molecule has 2 aromatic carbocycles. The summed E-state index contributed by atoms with van der Waals surface area (Å²) in [6.07, 6.45) is 0. The van der Waals surface area contributed by atoms with E-state index < -0.39 is 20.1 Å². The highest BCUT2D eigenvalue weighted by Crippen LogP contribution is 2.49. The topological polar surface area (TPSA) is 89.5 Å². The highest BCUT2D eigenvalue weighted by atomic mass is 32.2. The van der Waals surface area contributed by atoms with Crippen LogP contribution in [0.25, 0.3) is 0 Å². The van der Waals surface area contributed by atoms with E-state index >= 15 is 0 Å². The van der Waals surface area contributed by atoms with Crippen LogP contribution in [0.3, 0.4) is 0 Å². The van der Waals surface area contributed by atoms with Gasteiger partial charge in [-0.05, 0) is 24.3 Å². The first-order valence-electron chi connectivity index (χ1n) is 8.57. The zero-order chi connectivity index (χ0) is 21.7. The minimum absolute atomic E-state index is 0.126. The molecule has 0 aliphatic rings. The van der Waals surface area contributed by atoms with Crippen molar-refractivity contribution in [1.29, 1.82) is 0 Å². The Balaban J connectivity index is 2.91. The molecule has 8 nitrogen and oxygen atoms in total. The molecule has 0 saturated carbocycles. The summed E-state index contributed by atoms with van der Waals surface area (Å²) in [6, 6.07) is 12.9. The Morgan fingerprint density at radius 2 is 0.897 bits per heavy atom. The second-order valence-corrected chi connectivity index (χ2v) is 7.91. The average Bonchev–Trinajstić information content (AvgIpc) is 2.76. The van der Waals surface area contributed by atoms with E-state index in [-0.39, 0.29) is 22.6 Å². The fourth-order valence-corrected chi connectivity index (χ4v) is 5.45. The molecule has 0 fully saturated rings. The Hall–Kier alpha value is -2.17. The summed E-state index contributed by atoms with van der Waals surface area (Å²) in [5, 5.41) is -4.63. The van der Waals surface area contributed by atoms with Crippen molar-refractivity contribution >= 4 is 9.84 Å². The second kappa shape index (κ2) is 9.10. The number of hydrogen-bond acceptors (Lipinski definition) is 8. The van der Waals surface area contributed by atoms with Crippen molar-refractivity contribution in [1.82, 2.24) is 0 Å². The Kier molecular flexibility index (Phi) is 7.25. The zero-order valence-electron chi connectivity index (χ0n) is 17.3. The van der Waals surface area contributed by atoms with Crippen LogP contribution in [0, 0.1) is 0 Å². The van der Waals surface area contributed by atoms with Gasteiger partial charge in [0.25, 0.3) is 9.84 Å². The number of para-hydroxylation sites is 2. The number of methoxy groups -OCH3 is 6. The largest absolute Gasteiger partial charge is 0.496 e. The van der Waals surface area contributed by atoms with Crippen molar-refractivity contribution < 1.29 is 36.8 Å². The molecule has 0 unspecified atom stereocenters. The van der Waals surface area contributed by atoms with E-state index in [0.717, 1.165) is 0 Å². The van der Waals surface area contributed by atoms with E-state index in [4.69, 9.17) is 28.4 Å². The van der Waals surface area contributed by atoms with Gasteiger partial charge in [0.15, 0.2) is 0 Å². The first kappa shape index (κ1) is 23.1. The van der Waals surface area contributed by atoms with Gasteiger partial charge < -0.3 is 28.4 Å². The van der Waals surface area contributed by atoms with Gasteiger partial charge in [0.1, 0.15) is 11.5 Å². The lowest BCUT2D eigenvalue weighted by atomic mass is 10.2. The van der Waals surface area contributed by atoms with Crippen LogP contribution in [0.1, 0.15) is 11.1 Å². The SMILES string of the molecule is COc1ccccc1C(OC)(OC)S(=O)(=O)C(OC)(OC)c1ccccc1OC. The van der Waals surface area contributed by atoms with E-state index in [1.54, 1.807) is 36.4 Å². The lowest BCUT2D eigenvalue weighted by Gasteiger charge is -2.40. The first-order chi connectivity index (χ1) is 13.9. The van der Waals surface area contributed by atoms with Gasteiger partial charge in [0, 0.05) is 28.4 Å². The lowest BCUT2D eigenvalue weighted by molar-refractivity contribution is -0.185. The predicted molar refractivity (Wildman–Crippen MR) is 106 cm³/mol. The minimum atomic E-state index is -4.61. The smallest absolute Gasteiger partial charge is 0.310 e. The third-order valence-corrected chi connectivity index (χ3v) is 7.18. The van der Waals surface area contributed by atoms with Gasteiger partial charge in [-0.3, -0.25) is 0 Å². The summed E-state index contributed by atoms with van der Waals surface area (Å²) < 4.78 is 60.9. The van der Waals surface area contributed by atoms with Crippen LogP contribution >= 0.6 is 0 Å². The monoisotopic (exact) mass is 426 g/mol. The van der Waals surface area contributed by atoms with Gasteiger partial charge in [-0.2, -0.15) is 0 Å². The number of ether oxygens (including phenoxy) is 6. The molecule has 0 heterocycles. The summed E-state index contributed by atoms with van der Waals surface area (Å²) in [4.78, 5) is 0. The number of sulfone groups is 1. The molecule has 2 aromatic rings. The van der Waals surface area contributed by atoms with Crippen LogP contribution < -0.4 is 9.47 Å². The number of benzene rings is 2. The van der Waals surface area contributed by atoms with Crippen LogP contribution in [-0.4, -0.2) is 51.1 Å². The Labute approximate surface area is 171 Å². The molecule has 2 rings (SSSR count). The van der Waals surface area contributed by atoms with E-state index in [0.29, 0.717) is 0 Å². The minimum Gasteiger partial charge on any atom is -0.496 e. The molecular weight excluding hydrogens is 400 g/mol. The fourth-order valence-electron chi connectivity index (χ4n) is 3.31. The van der Waals surface area contributed by atoms with Gasteiger partial charge in [0.2, 0.25) is 0 Å². The van der Waals surface area contributed by atoms with Crippen LogP contribution in [0.4, 0.5) is 0 Å². The molecule has 0 saturated heterocycles. The summed E-state index contributed by atoms with van der Waals surface area (Å²) in [5.41, 5.74) is 0.252. The summed E-state index contributed by atoms with van der Waals surface area (Å²) in [6.45, 7) is 0. The maximum absolute atomic E-state index is 14.1. The van der Waals surface area contributed by atoms with Crippen molar-refractivity contribution in [2.45, 2.75) is 10.2 Å².